The summed E-state index contributed by atoms with van der Waals surface area (Å²) in [6.07, 6.45) is 2.76. The van der Waals surface area contributed by atoms with Crippen LogP contribution in [0.25, 0.3) is 0 Å². The molecule has 5 atom stereocenters. The summed E-state index contributed by atoms with van der Waals surface area (Å²) in [5.41, 5.74) is 1.62. The van der Waals surface area contributed by atoms with Crippen molar-refractivity contribution < 1.29 is 40.7 Å². The van der Waals surface area contributed by atoms with Gasteiger partial charge in [-0.1, -0.05) is 36.7 Å². The Labute approximate surface area is 303 Å². The normalized spacial score (nSPS) is 27.7. The van der Waals surface area contributed by atoms with E-state index in [2.05, 4.69) is 9.62 Å². The molecule has 14 heteroatoms. The minimum absolute atomic E-state index is 0.0218. The van der Waals surface area contributed by atoms with E-state index in [0.717, 1.165) is 43.9 Å². The zero-order valence-corrected chi connectivity index (χ0v) is 31.0. The number of amides is 2. The van der Waals surface area contributed by atoms with E-state index in [1.165, 1.54) is 14.0 Å². The van der Waals surface area contributed by atoms with Gasteiger partial charge in [-0.3, -0.25) is 9.59 Å². The van der Waals surface area contributed by atoms with Crippen molar-refractivity contribution in [3.05, 3.63) is 70.3 Å². The van der Waals surface area contributed by atoms with Gasteiger partial charge in [0.05, 0.1) is 23.0 Å². The number of carbonyl (C=O) groups excluding carboxylic acids is 2. The van der Waals surface area contributed by atoms with E-state index < -0.39 is 51.3 Å². The van der Waals surface area contributed by atoms with Crippen molar-refractivity contribution in [3.8, 4) is 5.75 Å². The zero-order chi connectivity index (χ0) is 37.1. The topological polar surface area (TPSA) is 105 Å². The highest BCUT2D eigenvalue weighted by Crippen LogP contribution is 2.48. The summed E-state index contributed by atoms with van der Waals surface area (Å²) < 4.78 is 81.5. The molecule has 2 bridgehead atoms. The lowest BCUT2D eigenvalue weighted by Crippen LogP contribution is -2.53. The molecule has 2 amide bonds. The number of methoxy groups -OCH3 is 1. The Morgan fingerprint density at radius 3 is 2.59 bits per heavy atom. The number of aryl methyl sites for hydroxylation is 1. The predicted molar refractivity (Wildman–Crippen MR) is 190 cm³/mol. The van der Waals surface area contributed by atoms with Gasteiger partial charge < -0.3 is 19.3 Å². The molecular formula is C37H47ClF3N3O6S. The Hall–Kier alpha value is -3.29. The van der Waals surface area contributed by atoms with E-state index in [9.17, 15) is 31.2 Å². The molecule has 0 unspecified atom stereocenters. The molecule has 280 valence electrons. The van der Waals surface area contributed by atoms with Gasteiger partial charge >= 0.3 is 6.18 Å². The molecule has 1 N–H and O–H groups in total. The summed E-state index contributed by atoms with van der Waals surface area (Å²) in [6.45, 7) is 3.20. The third-order valence-corrected chi connectivity index (χ3v) is 13.0. The van der Waals surface area contributed by atoms with Crippen LogP contribution < -0.4 is 14.4 Å². The number of alkyl halides is 3. The van der Waals surface area contributed by atoms with Crippen LogP contribution in [0.3, 0.4) is 0 Å². The second-order valence-corrected chi connectivity index (χ2v) is 16.7. The number of sulfonamides is 1. The van der Waals surface area contributed by atoms with Gasteiger partial charge in [0.1, 0.15) is 18.9 Å². The Bertz CT molecular complexity index is 1740. The standard InChI is InChI=1S/C37H47ClF3N3O6S/c1-24-8-7-16-36(49-4,20-34(45)43(3)23-37(39,40)41)31-14-11-28(31)21-44-17-6-5-9-26-18-30(38)13-10-29(26)22-50-33-15-12-27(19-32(33)44)35(46)42-51(47,48)25(24)2/h7,10,12-13,15-16,18-19,24-25,28,31H,5-6,8-9,11,14,17,20-23H2,1-4H3,(H,42,46)/b16-7-/t24-,25+,28-,31+,36+/m0/s1. The molecule has 0 saturated heterocycles. The van der Waals surface area contributed by atoms with Crippen LogP contribution in [0.15, 0.2) is 48.6 Å². The maximum absolute atomic E-state index is 13.5. The Morgan fingerprint density at radius 2 is 1.90 bits per heavy atom. The molecule has 5 rings (SSSR count). The first-order valence-corrected chi connectivity index (χ1v) is 19.3. The number of benzene rings is 2. The van der Waals surface area contributed by atoms with E-state index in [1.807, 2.05) is 18.2 Å². The first kappa shape index (κ1) is 38.9. The molecule has 1 aliphatic carbocycles. The summed E-state index contributed by atoms with van der Waals surface area (Å²) in [7, 11) is -1.51. The summed E-state index contributed by atoms with van der Waals surface area (Å²) in [5.74, 6) is -1.64. The number of fused-ring (bicyclic) bond motifs is 3. The number of anilines is 1. The molecule has 0 aromatic heterocycles. The number of nitrogens with zero attached hydrogens (tertiary/aromatic N) is 2. The molecule has 1 saturated carbocycles. The first-order chi connectivity index (χ1) is 24.0. The van der Waals surface area contributed by atoms with E-state index >= 15 is 0 Å². The molecule has 1 fully saturated rings. The number of rotatable bonds is 4. The SMILES string of the molecule is CO[C@@]1(CC(=O)N(C)CC(F)(F)F)/C=C\C[C@H](C)[C@@H](C)S(=O)(=O)NC(=O)c2ccc3c(c2)N(CCCCc2cc(Cl)ccc2CO3)C[C@@H]2CC[C@H]21. The van der Waals surface area contributed by atoms with E-state index in [4.69, 9.17) is 21.1 Å². The van der Waals surface area contributed by atoms with Crippen LogP contribution in [-0.2, 0) is 32.6 Å². The van der Waals surface area contributed by atoms with Crippen molar-refractivity contribution in [2.24, 2.45) is 17.8 Å². The van der Waals surface area contributed by atoms with Crippen molar-refractivity contribution in [1.29, 1.82) is 0 Å². The van der Waals surface area contributed by atoms with Gasteiger partial charge in [0, 0.05) is 37.8 Å². The van der Waals surface area contributed by atoms with Gasteiger partial charge in [0.25, 0.3) is 5.91 Å². The third-order valence-electron chi connectivity index (χ3n) is 10.8. The van der Waals surface area contributed by atoms with Gasteiger partial charge in [-0.25, -0.2) is 13.1 Å². The molecule has 0 spiro atoms. The lowest BCUT2D eigenvalue weighted by atomic mass is 9.63. The van der Waals surface area contributed by atoms with Gasteiger partial charge in [-0.05, 0) is 105 Å². The fraction of sp³-hybridized carbons (Fsp3) is 0.568. The Kier molecular flexibility index (Phi) is 12.0. The third kappa shape index (κ3) is 9.21. The number of ether oxygens (including phenoxy) is 2. The van der Waals surface area contributed by atoms with Gasteiger partial charge in [0.15, 0.2) is 0 Å². The molecule has 2 heterocycles. The number of carbonyl (C=O) groups is 2. The van der Waals surface area contributed by atoms with E-state index in [1.54, 1.807) is 37.3 Å². The van der Waals surface area contributed by atoms with E-state index in [0.29, 0.717) is 40.9 Å². The fourth-order valence-electron chi connectivity index (χ4n) is 7.39. The fourth-order valence-corrected chi connectivity index (χ4v) is 8.87. The highest BCUT2D eigenvalue weighted by molar-refractivity contribution is 7.90. The second-order valence-electron chi connectivity index (χ2n) is 14.2. The number of halogens is 4. The largest absolute Gasteiger partial charge is 0.487 e. The van der Waals surface area contributed by atoms with Crippen LogP contribution in [0, 0.1) is 17.8 Å². The lowest BCUT2D eigenvalue weighted by Gasteiger charge is -2.50. The monoisotopic (exact) mass is 753 g/mol. The molecular weight excluding hydrogens is 707 g/mol. The molecule has 3 aliphatic rings. The average molecular weight is 754 g/mol. The van der Waals surface area contributed by atoms with Crippen molar-refractivity contribution >= 4 is 39.1 Å². The molecule has 2 aromatic rings. The van der Waals surface area contributed by atoms with Crippen molar-refractivity contribution in [3.63, 3.8) is 0 Å². The Morgan fingerprint density at radius 1 is 1.14 bits per heavy atom. The van der Waals surface area contributed by atoms with Crippen molar-refractivity contribution in [2.75, 3.05) is 38.7 Å². The Balaban J connectivity index is 1.57. The average Bonchev–Trinajstić information content (AvgIpc) is 3.07. The molecule has 51 heavy (non-hydrogen) atoms. The highest BCUT2D eigenvalue weighted by Gasteiger charge is 2.49. The number of allylic oxidation sites excluding steroid dienone is 1. The summed E-state index contributed by atoms with van der Waals surface area (Å²) in [5, 5.41) is -0.334. The van der Waals surface area contributed by atoms with Gasteiger partial charge in [0.2, 0.25) is 15.9 Å². The summed E-state index contributed by atoms with van der Waals surface area (Å²) in [6, 6.07) is 10.6. The van der Waals surface area contributed by atoms with Gasteiger partial charge in [-0.2, -0.15) is 13.2 Å². The maximum atomic E-state index is 13.5. The smallest absolute Gasteiger partial charge is 0.406 e. The van der Waals surface area contributed by atoms with Crippen molar-refractivity contribution in [2.45, 2.75) is 82.4 Å². The van der Waals surface area contributed by atoms with Crippen LogP contribution in [-0.4, -0.2) is 76.0 Å². The quantitative estimate of drug-likeness (QED) is 0.338. The molecule has 0 radical (unpaired) electrons. The molecule has 9 nitrogen and oxygen atoms in total. The van der Waals surface area contributed by atoms with Crippen LogP contribution in [0.5, 0.6) is 5.75 Å². The van der Waals surface area contributed by atoms with Crippen LogP contribution in [0.1, 0.15) is 73.9 Å². The zero-order valence-electron chi connectivity index (χ0n) is 29.5. The summed E-state index contributed by atoms with van der Waals surface area (Å²) >= 11 is 6.33. The number of hydrogen-bond acceptors (Lipinski definition) is 7. The maximum Gasteiger partial charge on any atom is 0.406 e. The molecule has 2 aliphatic heterocycles. The second kappa shape index (κ2) is 15.8. The van der Waals surface area contributed by atoms with Crippen molar-refractivity contribution in [1.82, 2.24) is 9.62 Å². The summed E-state index contributed by atoms with van der Waals surface area (Å²) in [4.78, 5) is 29.7. The lowest BCUT2D eigenvalue weighted by molar-refractivity contribution is -0.164. The number of hydrogen-bond donors (Lipinski definition) is 1. The van der Waals surface area contributed by atoms with Crippen LogP contribution >= 0.6 is 11.6 Å². The van der Waals surface area contributed by atoms with E-state index in [-0.39, 0.29) is 36.8 Å². The van der Waals surface area contributed by atoms with Crippen LogP contribution in [0.2, 0.25) is 5.02 Å². The minimum Gasteiger partial charge on any atom is -0.487 e. The number of nitrogens with one attached hydrogen (secondary N) is 1. The first-order valence-electron chi connectivity index (χ1n) is 17.4. The van der Waals surface area contributed by atoms with Crippen LogP contribution in [0.4, 0.5) is 18.9 Å². The van der Waals surface area contributed by atoms with Gasteiger partial charge in [-0.15, -0.1) is 0 Å². The highest BCUT2D eigenvalue weighted by atomic mass is 35.5. The predicted octanol–water partition coefficient (Wildman–Crippen LogP) is 6.93. The molecule has 2 aromatic carbocycles. The minimum atomic E-state index is -4.56.